The third-order valence-electron chi connectivity index (χ3n) is 10.8. The predicted molar refractivity (Wildman–Crippen MR) is 235 cm³/mol. The minimum Gasteiger partial charge on any atom is -0.455 e. The highest BCUT2D eigenvalue weighted by Crippen LogP contribution is 2.31. The zero-order valence-corrected chi connectivity index (χ0v) is 38.3. The van der Waals surface area contributed by atoms with Gasteiger partial charge in [0, 0.05) is 44.7 Å². The lowest BCUT2D eigenvalue weighted by Crippen LogP contribution is -2.57. The van der Waals surface area contributed by atoms with Crippen molar-refractivity contribution in [2.75, 3.05) is 25.9 Å². The summed E-state index contributed by atoms with van der Waals surface area (Å²) < 4.78 is 5.67. The van der Waals surface area contributed by atoms with Crippen molar-refractivity contribution < 1.29 is 38.3 Å². The van der Waals surface area contributed by atoms with Crippen LogP contribution in [-0.2, 0) is 33.5 Å². The first-order valence-electron chi connectivity index (χ1n) is 21.0. The lowest BCUT2D eigenvalue weighted by molar-refractivity contribution is -0.148. The highest BCUT2D eigenvalue weighted by molar-refractivity contribution is 7.80. The maximum atomic E-state index is 13.8. The molecular formula is C43H65N7O8S2. The van der Waals surface area contributed by atoms with Crippen LogP contribution in [0.1, 0.15) is 122 Å². The van der Waals surface area contributed by atoms with Gasteiger partial charge in [0.15, 0.2) is 6.10 Å². The largest absolute Gasteiger partial charge is 0.455 e. The SMILES string of the molecule is CC[C@H](C)CC(=O)N(C)[C@H](C[C@@H](OC(C)=O)c1nc(C(=O)N[C@@H](C)C(=O)N[C@H](C(=O)N[C@@H](CC2C=CC=CC2)C(=O)N=C2CN(C(=O)CCCS)C2)C(C)C)cs1)C(C)C. The summed E-state index contributed by atoms with van der Waals surface area (Å²) in [7, 11) is 1.75. The monoisotopic (exact) mass is 871 g/mol. The van der Waals surface area contributed by atoms with Gasteiger partial charge in [-0.05, 0) is 55.6 Å². The number of thiazole rings is 1. The summed E-state index contributed by atoms with van der Waals surface area (Å²) in [6.07, 6.45) is 10.5. The average molecular weight is 872 g/mol. The van der Waals surface area contributed by atoms with Gasteiger partial charge < -0.3 is 30.5 Å². The van der Waals surface area contributed by atoms with E-state index in [0.29, 0.717) is 42.2 Å². The molecule has 6 amide bonds. The van der Waals surface area contributed by atoms with Gasteiger partial charge in [-0.1, -0.05) is 72.3 Å². The van der Waals surface area contributed by atoms with Gasteiger partial charge in [0.1, 0.15) is 28.8 Å². The minimum absolute atomic E-state index is 0.00266. The van der Waals surface area contributed by atoms with Crippen molar-refractivity contribution in [1.82, 2.24) is 30.7 Å². The molecule has 1 aliphatic carbocycles. The number of rotatable bonds is 22. The number of thiol groups is 1. The van der Waals surface area contributed by atoms with E-state index in [1.807, 2.05) is 52.0 Å². The molecule has 1 unspecified atom stereocenters. The summed E-state index contributed by atoms with van der Waals surface area (Å²) >= 11 is 5.29. The van der Waals surface area contributed by atoms with Gasteiger partial charge in [0.05, 0.1) is 18.8 Å². The van der Waals surface area contributed by atoms with Crippen LogP contribution in [0.5, 0.6) is 0 Å². The number of nitrogens with zero attached hydrogens (tertiary/aromatic N) is 4. The van der Waals surface area contributed by atoms with E-state index in [4.69, 9.17) is 4.74 Å². The van der Waals surface area contributed by atoms with Gasteiger partial charge in [-0.2, -0.15) is 12.6 Å². The first kappa shape index (κ1) is 50.0. The Hall–Kier alpha value is -4.38. The second-order valence-corrected chi connectivity index (χ2v) is 17.9. The second kappa shape index (κ2) is 24.2. The van der Waals surface area contributed by atoms with Crippen LogP contribution >= 0.6 is 24.0 Å². The average Bonchev–Trinajstić information content (AvgIpc) is 3.68. The Morgan fingerprint density at radius 2 is 1.70 bits per heavy atom. The van der Waals surface area contributed by atoms with Gasteiger partial charge in [-0.15, -0.1) is 11.3 Å². The van der Waals surface area contributed by atoms with E-state index in [1.165, 1.54) is 19.2 Å². The molecule has 0 radical (unpaired) electrons. The van der Waals surface area contributed by atoms with Crippen LogP contribution < -0.4 is 16.0 Å². The number of hydrogen-bond donors (Lipinski definition) is 4. The first-order valence-corrected chi connectivity index (χ1v) is 22.5. The Balaban J connectivity index is 1.68. The summed E-state index contributed by atoms with van der Waals surface area (Å²) in [4.78, 5) is 104. The van der Waals surface area contributed by atoms with Gasteiger partial charge in [-0.3, -0.25) is 33.6 Å². The molecule has 3 rings (SSSR count). The van der Waals surface area contributed by atoms with E-state index in [-0.39, 0.29) is 67.2 Å². The lowest BCUT2D eigenvalue weighted by atomic mass is 9.92. The summed E-state index contributed by atoms with van der Waals surface area (Å²) in [5, 5.41) is 10.1. The minimum atomic E-state index is -1.09. The molecule has 1 aromatic rings. The number of ether oxygens (including phenoxy) is 1. The van der Waals surface area contributed by atoms with Crippen LogP contribution in [0, 0.1) is 23.7 Å². The third-order valence-corrected chi connectivity index (χ3v) is 12.1. The van der Waals surface area contributed by atoms with E-state index in [1.54, 1.807) is 30.7 Å². The number of amides is 6. The van der Waals surface area contributed by atoms with Crippen molar-refractivity contribution in [3.63, 3.8) is 0 Å². The number of nitrogens with one attached hydrogen (secondary N) is 3. The van der Waals surface area contributed by atoms with Gasteiger partial charge in [0.2, 0.25) is 23.6 Å². The number of hydrogen-bond acceptors (Lipinski definition) is 11. The topological polar surface area (TPSA) is 197 Å². The molecule has 1 aliphatic heterocycles. The molecule has 1 saturated heterocycles. The predicted octanol–water partition coefficient (Wildman–Crippen LogP) is 4.84. The van der Waals surface area contributed by atoms with Crippen molar-refractivity contribution in [1.29, 1.82) is 0 Å². The Morgan fingerprint density at radius 1 is 1.00 bits per heavy atom. The molecule has 1 fully saturated rings. The highest BCUT2D eigenvalue weighted by atomic mass is 32.1. The molecule has 1 aromatic heterocycles. The van der Waals surface area contributed by atoms with E-state index < -0.39 is 59.7 Å². The molecule has 2 aliphatic rings. The summed E-state index contributed by atoms with van der Waals surface area (Å²) in [6, 6.07) is -3.39. The van der Waals surface area contributed by atoms with E-state index in [9.17, 15) is 33.6 Å². The van der Waals surface area contributed by atoms with Gasteiger partial charge >= 0.3 is 5.97 Å². The molecule has 332 valence electrons. The number of esters is 1. The Labute approximate surface area is 364 Å². The summed E-state index contributed by atoms with van der Waals surface area (Å²) in [6.45, 7) is 14.8. The zero-order valence-electron chi connectivity index (χ0n) is 36.6. The van der Waals surface area contributed by atoms with Crippen molar-refractivity contribution >= 4 is 71.1 Å². The Kier molecular flexibility index (Phi) is 20.1. The van der Waals surface area contributed by atoms with Gasteiger partial charge in [-0.25, -0.2) is 9.98 Å². The molecule has 0 aromatic carbocycles. The molecule has 15 nitrogen and oxygen atoms in total. The van der Waals surface area contributed by atoms with Crippen molar-refractivity contribution in [3.05, 3.63) is 40.4 Å². The Bertz CT molecular complexity index is 1770. The Morgan fingerprint density at radius 3 is 2.28 bits per heavy atom. The molecule has 2 heterocycles. The maximum absolute atomic E-state index is 13.8. The molecule has 3 N–H and O–H groups in total. The quantitative estimate of drug-likeness (QED) is 0.0931. The fourth-order valence-electron chi connectivity index (χ4n) is 6.81. The molecule has 0 spiro atoms. The van der Waals surface area contributed by atoms with Crippen LogP contribution in [0.15, 0.2) is 34.7 Å². The maximum Gasteiger partial charge on any atom is 0.303 e. The zero-order chi connectivity index (χ0) is 44.7. The molecule has 0 bridgehead atoms. The van der Waals surface area contributed by atoms with E-state index in [2.05, 4.69) is 38.6 Å². The lowest BCUT2D eigenvalue weighted by Gasteiger charge is -2.34. The number of carbonyl (C=O) groups excluding carboxylic acids is 7. The normalized spacial score (nSPS) is 17.8. The fourth-order valence-corrected chi connectivity index (χ4v) is 7.81. The third kappa shape index (κ3) is 15.3. The smallest absolute Gasteiger partial charge is 0.303 e. The molecule has 60 heavy (non-hydrogen) atoms. The summed E-state index contributed by atoms with van der Waals surface area (Å²) in [5.74, 6) is -2.49. The molecule has 17 heteroatoms. The molecule has 7 atom stereocenters. The number of aliphatic imine (C=N–C) groups is 1. The molecular weight excluding hydrogens is 807 g/mol. The standard InChI is InChI=1S/C43H65N7O8S2/c1-10-27(6)19-37(53)49(9)34(25(2)3)21-35(58-29(8)51)43-47-33(24-60-43)41(56)44-28(7)39(54)48-38(26(4)5)42(57)46-32(20-30-15-12-11-13-16-30)40(55)45-31-22-50(23-31)36(52)17-14-18-59/h11-13,15,24-28,30,32,34-35,38,59H,10,14,16-23H2,1-9H3,(H,44,56)(H,46,57)(H,48,54)/t27-,28-,30?,32-,34+,35+,38-/m0/s1. The van der Waals surface area contributed by atoms with Crippen molar-refractivity contribution in [2.45, 2.75) is 131 Å². The number of allylic oxidation sites excluding steroid dienone is 4. The van der Waals surface area contributed by atoms with E-state index in [0.717, 1.165) is 17.8 Å². The van der Waals surface area contributed by atoms with Crippen LogP contribution in [0.4, 0.5) is 0 Å². The number of likely N-dealkylation sites (tertiary alicyclic amines) is 1. The second-order valence-electron chi connectivity index (χ2n) is 16.6. The number of carbonyl (C=O) groups is 7. The van der Waals surface area contributed by atoms with Crippen LogP contribution in [0.25, 0.3) is 0 Å². The fraction of sp³-hybridized carbons (Fsp3) is 0.651. The van der Waals surface area contributed by atoms with Crippen LogP contribution in [0.3, 0.4) is 0 Å². The van der Waals surface area contributed by atoms with E-state index >= 15 is 0 Å². The highest BCUT2D eigenvalue weighted by Gasteiger charge is 2.34. The van der Waals surface area contributed by atoms with Crippen molar-refractivity contribution in [2.24, 2.45) is 28.7 Å². The van der Waals surface area contributed by atoms with Crippen LogP contribution in [0.2, 0.25) is 0 Å². The van der Waals surface area contributed by atoms with Crippen molar-refractivity contribution in [3.8, 4) is 0 Å². The van der Waals surface area contributed by atoms with Gasteiger partial charge in [0.25, 0.3) is 11.8 Å². The first-order chi connectivity index (χ1) is 28.3. The molecule has 0 saturated carbocycles. The summed E-state index contributed by atoms with van der Waals surface area (Å²) in [5.41, 5.74) is 0.569. The van der Waals surface area contributed by atoms with Crippen LogP contribution in [-0.4, -0.2) is 112 Å². The number of aromatic nitrogens is 1.